The summed E-state index contributed by atoms with van der Waals surface area (Å²) >= 11 is 0. The first-order valence-corrected chi connectivity index (χ1v) is 7.99. The van der Waals surface area contributed by atoms with Gasteiger partial charge in [-0.15, -0.1) is 13.2 Å². The molecule has 0 spiro atoms. The molecule has 0 fully saturated rings. The lowest BCUT2D eigenvalue weighted by Crippen LogP contribution is -2.36. The van der Waals surface area contributed by atoms with Gasteiger partial charge >= 0.3 is 6.18 Å². The van der Waals surface area contributed by atoms with Gasteiger partial charge in [-0.1, -0.05) is 24.3 Å². The number of hydrogen-bond donors (Lipinski definition) is 0. The number of alkyl halides is 3. The lowest BCUT2D eigenvalue weighted by Gasteiger charge is -2.20. The SMILES string of the molecule is C=CCN(CC=C)C(=O)c1nn(-c2ccccc2C(F)(F)F)c(C)cc1=O. The highest BCUT2D eigenvalue weighted by molar-refractivity contribution is 5.92. The number of aromatic nitrogens is 2. The number of hydrogen-bond acceptors (Lipinski definition) is 3. The molecule has 2 rings (SSSR count). The monoisotopic (exact) mass is 377 g/mol. The number of benzene rings is 1. The summed E-state index contributed by atoms with van der Waals surface area (Å²) in [5.74, 6) is -0.710. The highest BCUT2D eigenvalue weighted by Crippen LogP contribution is 2.33. The van der Waals surface area contributed by atoms with Gasteiger partial charge in [-0.05, 0) is 19.1 Å². The maximum Gasteiger partial charge on any atom is 0.418 e. The van der Waals surface area contributed by atoms with E-state index in [1.54, 1.807) is 0 Å². The molecule has 2 aromatic rings. The minimum Gasteiger partial charge on any atom is -0.330 e. The minimum atomic E-state index is -4.62. The predicted molar refractivity (Wildman–Crippen MR) is 95.9 cm³/mol. The van der Waals surface area contributed by atoms with Crippen LogP contribution in [0.25, 0.3) is 5.69 Å². The Morgan fingerprint density at radius 2 is 1.81 bits per heavy atom. The normalized spacial score (nSPS) is 11.1. The van der Waals surface area contributed by atoms with Crippen LogP contribution < -0.4 is 5.43 Å². The summed E-state index contributed by atoms with van der Waals surface area (Å²) in [6.07, 6.45) is -1.68. The van der Waals surface area contributed by atoms with Gasteiger partial charge in [0.1, 0.15) is 0 Å². The Labute approximate surface area is 154 Å². The number of aryl methyl sites for hydroxylation is 1. The third kappa shape index (κ3) is 4.33. The van der Waals surface area contributed by atoms with Crippen molar-refractivity contribution in [3.05, 3.63) is 82.8 Å². The largest absolute Gasteiger partial charge is 0.418 e. The maximum atomic E-state index is 13.3. The van der Waals surface area contributed by atoms with E-state index in [2.05, 4.69) is 18.3 Å². The van der Waals surface area contributed by atoms with E-state index >= 15 is 0 Å². The van der Waals surface area contributed by atoms with Gasteiger partial charge in [0, 0.05) is 24.8 Å². The van der Waals surface area contributed by atoms with E-state index in [0.717, 1.165) is 16.8 Å². The van der Waals surface area contributed by atoms with Crippen molar-refractivity contribution in [3.63, 3.8) is 0 Å². The van der Waals surface area contributed by atoms with Crippen molar-refractivity contribution in [1.82, 2.24) is 14.7 Å². The van der Waals surface area contributed by atoms with Crippen LogP contribution in [0.3, 0.4) is 0 Å². The molecule has 0 N–H and O–H groups in total. The van der Waals surface area contributed by atoms with Crippen LogP contribution in [0, 0.1) is 6.92 Å². The molecule has 1 amide bonds. The van der Waals surface area contributed by atoms with E-state index < -0.39 is 28.8 Å². The Morgan fingerprint density at radius 1 is 1.22 bits per heavy atom. The molecule has 0 saturated heterocycles. The smallest absolute Gasteiger partial charge is 0.330 e. The van der Waals surface area contributed by atoms with Crippen molar-refractivity contribution in [2.75, 3.05) is 13.1 Å². The first-order valence-electron chi connectivity index (χ1n) is 7.99. The lowest BCUT2D eigenvalue weighted by atomic mass is 10.1. The number of carbonyl (C=O) groups is 1. The fourth-order valence-electron chi connectivity index (χ4n) is 2.54. The molecule has 1 aromatic carbocycles. The fourth-order valence-corrected chi connectivity index (χ4v) is 2.54. The molecule has 0 unspecified atom stereocenters. The van der Waals surface area contributed by atoms with E-state index in [-0.39, 0.29) is 24.5 Å². The zero-order valence-electron chi connectivity index (χ0n) is 14.7. The van der Waals surface area contributed by atoms with Crippen molar-refractivity contribution in [1.29, 1.82) is 0 Å². The summed E-state index contributed by atoms with van der Waals surface area (Å²) in [5.41, 5.74) is -2.16. The molecule has 1 aromatic heterocycles. The van der Waals surface area contributed by atoms with Crippen molar-refractivity contribution in [3.8, 4) is 5.69 Å². The van der Waals surface area contributed by atoms with Crippen molar-refractivity contribution in [2.24, 2.45) is 0 Å². The van der Waals surface area contributed by atoms with Gasteiger partial charge in [0.05, 0.1) is 11.3 Å². The second-order valence-electron chi connectivity index (χ2n) is 5.71. The molecule has 0 aliphatic heterocycles. The average molecular weight is 377 g/mol. The third-order valence-corrected chi connectivity index (χ3v) is 3.73. The number of rotatable bonds is 6. The standard InChI is InChI=1S/C19H18F3N3O2/c1-4-10-24(11-5-2)18(27)17-16(26)12-13(3)25(23-17)15-9-7-6-8-14(15)19(20,21)22/h4-9,12H,1-2,10-11H2,3H3. The molecule has 0 aliphatic carbocycles. The first kappa shape index (κ1) is 20.2. The highest BCUT2D eigenvalue weighted by atomic mass is 19.4. The zero-order chi connectivity index (χ0) is 20.2. The van der Waals surface area contributed by atoms with Crippen LogP contribution in [0.15, 0.2) is 60.4 Å². The zero-order valence-corrected chi connectivity index (χ0v) is 14.7. The lowest BCUT2D eigenvalue weighted by molar-refractivity contribution is -0.137. The van der Waals surface area contributed by atoms with E-state index in [4.69, 9.17) is 0 Å². The van der Waals surface area contributed by atoms with Gasteiger partial charge in [-0.25, -0.2) is 4.68 Å². The van der Waals surface area contributed by atoms with E-state index in [1.807, 2.05) is 0 Å². The van der Waals surface area contributed by atoms with Crippen molar-refractivity contribution < 1.29 is 18.0 Å². The number of halogens is 3. The Balaban J connectivity index is 2.65. The van der Waals surface area contributed by atoms with Crippen molar-refractivity contribution in [2.45, 2.75) is 13.1 Å². The second kappa shape index (κ2) is 8.03. The van der Waals surface area contributed by atoms with Crippen LogP contribution in [-0.4, -0.2) is 33.7 Å². The summed E-state index contributed by atoms with van der Waals surface area (Å²) in [5, 5.41) is 3.95. The molecule has 5 nitrogen and oxygen atoms in total. The topological polar surface area (TPSA) is 55.2 Å². The fraction of sp³-hybridized carbons (Fsp3) is 0.211. The van der Waals surface area contributed by atoms with E-state index in [1.165, 1.54) is 42.2 Å². The molecule has 1 heterocycles. The van der Waals surface area contributed by atoms with E-state index in [9.17, 15) is 22.8 Å². The van der Waals surface area contributed by atoms with Gasteiger partial charge in [-0.3, -0.25) is 9.59 Å². The summed E-state index contributed by atoms with van der Waals surface area (Å²) < 4.78 is 41.0. The first-order chi connectivity index (χ1) is 12.7. The van der Waals surface area contributed by atoms with Crippen LogP contribution in [-0.2, 0) is 6.18 Å². The summed E-state index contributed by atoms with van der Waals surface area (Å²) in [6, 6.07) is 5.91. The third-order valence-electron chi connectivity index (χ3n) is 3.73. The van der Waals surface area contributed by atoms with Crippen LogP contribution >= 0.6 is 0 Å². The number of carbonyl (C=O) groups excluding carboxylic acids is 1. The van der Waals surface area contributed by atoms with Crippen LogP contribution in [0.4, 0.5) is 13.2 Å². The summed E-state index contributed by atoms with van der Waals surface area (Å²) in [4.78, 5) is 26.2. The Morgan fingerprint density at radius 3 is 2.37 bits per heavy atom. The molecular weight excluding hydrogens is 359 g/mol. The second-order valence-corrected chi connectivity index (χ2v) is 5.71. The average Bonchev–Trinajstić information content (AvgIpc) is 2.60. The van der Waals surface area contributed by atoms with Crippen LogP contribution in [0.1, 0.15) is 21.7 Å². The maximum absolute atomic E-state index is 13.3. The van der Waals surface area contributed by atoms with Gasteiger partial charge in [0.15, 0.2) is 5.69 Å². The van der Waals surface area contributed by atoms with E-state index in [0.29, 0.717) is 0 Å². The van der Waals surface area contributed by atoms with Crippen LogP contribution in [0.5, 0.6) is 0 Å². The quantitative estimate of drug-likeness (QED) is 0.726. The van der Waals surface area contributed by atoms with Gasteiger partial charge in [0.2, 0.25) is 5.43 Å². The summed E-state index contributed by atoms with van der Waals surface area (Å²) in [6.45, 7) is 8.81. The molecule has 0 aliphatic rings. The molecule has 0 saturated carbocycles. The number of para-hydroxylation sites is 1. The minimum absolute atomic E-state index is 0.138. The van der Waals surface area contributed by atoms with Gasteiger partial charge in [-0.2, -0.15) is 18.3 Å². The van der Waals surface area contributed by atoms with Gasteiger partial charge < -0.3 is 4.90 Å². The molecular formula is C19H18F3N3O2. The molecule has 0 radical (unpaired) electrons. The van der Waals surface area contributed by atoms with Crippen molar-refractivity contribution >= 4 is 5.91 Å². The predicted octanol–water partition coefficient (Wildman–Crippen LogP) is 3.37. The molecule has 142 valence electrons. The highest BCUT2D eigenvalue weighted by Gasteiger charge is 2.34. The molecule has 8 heteroatoms. The number of amides is 1. The Bertz CT molecular complexity index is 923. The number of nitrogens with zero attached hydrogens (tertiary/aromatic N) is 3. The van der Waals surface area contributed by atoms with Crippen LogP contribution in [0.2, 0.25) is 0 Å². The molecule has 0 bridgehead atoms. The summed E-state index contributed by atoms with van der Waals surface area (Å²) in [7, 11) is 0. The Kier molecular flexibility index (Phi) is 5.99. The van der Waals surface area contributed by atoms with Gasteiger partial charge in [0.25, 0.3) is 5.91 Å². The Hall–Kier alpha value is -3.16. The molecule has 0 atom stereocenters. The molecule has 27 heavy (non-hydrogen) atoms.